The molecule has 0 atom stereocenters. The molecule has 11 heteroatoms. The summed E-state index contributed by atoms with van der Waals surface area (Å²) in [6.07, 6.45) is 3.61. The van der Waals surface area contributed by atoms with Crippen molar-refractivity contribution in [2.24, 2.45) is 0 Å². The van der Waals surface area contributed by atoms with Crippen molar-refractivity contribution in [2.45, 2.75) is 82.3 Å². The average Bonchev–Trinajstić information content (AvgIpc) is 3.63. The lowest BCUT2D eigenvalue weighted by Gasteiger charge is -2.33. The lowest BCUT2D eigenvalue weighted by Crippen LogP contribution is -2.44. The molecule has 4 rings (SSSR count). The summed E-state index contributed by atoms with van der Waals surface area (Å²) in [6.45, 7) is 10.1. The highest BCUT2D eigenvalue weighted by Gasteiger charge is 2.38. The highest BCUT2D eigenvalue weighted by molar-refractivity contribution is 7.92. The molecule has 3 heterocycles. The molecule has 0 N–H and O–H groups in total. The van der Waals surface area contributed by atoms with Crippen molar-refractivity contribution in [3.8, 4) is 17.5 Å². The molecule has 35 heavy (non-hydrogen) atoms. The number of pyridine rings is 1. The quantitative estimate of drug-likeness (QED) is 0.575. The number of likely N-dealkylation sites (tertiary alicyclic amines) is 1. The van der Waals surface area contributed by atoms with E-state index in [1.807, 2.05) is 20.8 Å². The van der Waals surface area contributed by atoms with E-state index in [0.29, 0.717) is 67.5 Å². The number of piperidine rings is 1. The first-order chi connectivity index (χ1) is 16.4. The number of aromatic nitrogens is 3. The van der Waals surface area contributed by atoms with E-state index in [0.717, 1.165) is 0 Å². The molecule has 2 fully saturated rings. The Morgan fingerprint density at radius 2 is 1.69 bits per heavy atom. The fourth-order valence-electron chi connectivity index (χ4n) is 3.73. The summed E-state index contributed by atoms with van der Waals surface area (Å²) in [7, 11) is -3.37. The molecule has 2 aromatic heterocycles. The Balaban J connectivity index is 1.39. The van der Waals surface area contributed by atoms with Gasteiger partial charge in [-0.2, -0.15) is 0 Å². The van der Waals surface area contributed by atoms with E-state index < -0.39 is 15.4 Å². The molecular weight excluding hydrogens is 472 g/mol. The Morgan fingerprint density at radius 1 is 1.03 bits per heavy atom. The number of carbonyl (C=O) groups is 1. The van der Waals surface area contributed by atoms with E-state index in [2.05, 4.69) is 15.0 Å². The van der Waals surface area contributed by atoms with Gasteiger partial charge in [0, 0.05) is 25.9 Å². The van der Waals surface area contributed by atoms with Crippen LogP contribution < -0.4 is 9.47 Å². The first-order valence-corrected chi connectivity index (χ1v) is 13.3. The van der Waals surface area contributed by atoms with Gasteiger partial charge in [-0.25, -0.2) is 28.2 Å². The van der Waals surface area contributed by atoms with Gasteiger partial charge >= 0.3 is 6.09 Å². The predicted octanol–water partition coefficient (Wildman–Crippen LogP) is 4.00. The van der Waals surface area contributed by atoms with E-state index in [1.165, 1.54) is 12.4 Å². The number of ether oxygens (including phenoxy) is 3. The van der Waals surface area contributed by atoms with Crippen LogP contribution in [0.5, 0.6) is 17.5 Å². The molecule has 0 radical (unpaired) electrons. The molecule has 0 aromatic carbocycles. The Hall–Kier alpha value is -2.95. The van der Waals surface area contributed by atoms with Gasteiger partial charge in [0.25, 0.3) is 0 Å². The molecule has 1 aliphatic carbocycles. The van der Waals surface area contributed by atoms with E-state index >= 15 is 0 Å². The lowest BCUT2D eigenvalue weighted by molar-refractivity contribution is 0.0122. The molecule has 2 aromatic rings. The maximum absolute atomic E-state index is 12.5. The minimum atomic E-state index is -3.37. The minimum absolute atomic E-state index is 0.0750. The number of nitrogens with zero attached hydrogens (tertiary/aromatic N) is 4. The number of amides is 1. The van der Waals surface area contributed by atoms with Gasteiger partial charge in [-0.3, -0.25) is 0 Å². The zero-order chi connectivity index (χ0) is 25.4. The standard InChI is InChI=1S/C24H32N4O6S/c1-15-21(32-17-10-12-28(13-11-17)23(29)34-24(3,4)5)25-14-26-22(15)33-19-8-9-20(27-16(19)2)35(30,31)18-6-7-18/h8-9,14,17-18H,6-7,10-13H2,1-5H3. The zero-order valence-electron chi connectivity index (χ0n) is 20.8. The van der Waals surface area contributed by atoms with Crippen molar-refractivity contribution in [1.29, 1.82) is 0 Å². The van der Waals surface area contributed by atoms with Crippen LogP contribution in [0.4, 0.5) is 4.79 Å². The van der Waals surface area contributed by atoms with E-state index in [4.69, 9.17) is 14.2 Å². The summed E-state index contributed by atoms with van der Waals surface area (Å²) in [5, 5.41) is -0.244. The molecule has 10 nitrogen and oxygen atoms in total. The van der Waals surface area contributed by atoms with Crippen LogP contribution in [0, 0.1) is 13.8 Å². The van der Waals surface area contributed by atoms with Crippen LogP contribution in [0.1, 0.15) is 57.7 Å². The first kappa shape index (κ1) is 25.2. The normalized spacial score (nSPS) is 17.2. The fourth-order valence-corrected chi connectivity index (χ4v) is 5.35. The minimum Gasteiger partial charge on any atom is -0.474 e. The average molecular weight is 505 g/mol. The van der Waals surface area contributed by atoms with Crippen LogP contribution in [0.15, 0.2) is 23.5 Å². The number of carbonyl (C=O) groups excluding carboxylic acids is 1. The van der Waals surface area contributed by atoms with Gasteiger partial charge in [0.1, 0.15) is 18.0 Å². The summed E-state index contributed by atoms with van der Waals surface area (Å²) < 4.78 is 42.4. The van der Waals surface area contributed by atoms with Crippen molar-refractivity contribution in [2.75, 3.05) is 13.1 Å². The molecule has 0 spiro atoms. The largest absolute Gasteiger partial charge is 0.474 e. The number of rotatable bonds is 6. The maximum atomic E-state index is 12.5. The van der Waals surface area contributed by atoms with Crippen LogP contribution in [-0.2, 0) is 14.6 Å². The Kier molecular flexibility index (Phi) is 6.90. The summed E-state index contributed by atoms with van der Waals surface area (Å²) in [4.78, 5) is 26.7. The zero-order valence-corrected chi connectivity index (χ0v) is 21.6. The van der Waals surface area contributed by atoms with Crippen LogP contribution >= 0.6 is 0 Å². The molecule has 1 saturated heterocycles. The molecule has 1 aliphatic heterocycles. The highest BCUT2D eigenvalue weighted by Crippen LogP contribution is 2.35. The van der Waals surface area contributed by atoms with E-state index in [1.54, 1.807) is 24.8 Å². The molecule has 1 saturated carbocycles. The van der Waals surface area contributed by atoms with E-state index in [-0.39, 0.29) is 22.5 Å². The monoisotopic (exact) mass is 504 g/mol. The van der Waals surface area contributed by atoms with Gasteiger partial charge < -0.3 is 19.1 Å². The third kappa shape index (κ3) is 6.01. The van der Waals surface area contributed by atoms with Gasteiger partial charge in [0.05, 0.1) is 16.5 Å². The topological polar surface area (TPSA) is 121 Å². The summed E-state index contributed by atoms with van der Waals surface area (Å²) >= 11 is 0. The molecule has 1 amide bonds. The SMILES string of the molecule is Cc1nc(S(=O)(=O)C2CC2)ccc1Oc1ncnc(OC2CCN(C(=O)OC(C)(C)C)CC2)c1C. The highest BCUT2D eigenvalue weighted by atomic mass is 32.2. The first-order valence-electron chi connectivity index (χ1n) is 11.8. The van der Waals surface area contributed by atoms with Crippen molar-refractivity contribution in [3.63, 3.8) is 0 Å². The predicted molar refractivity (Wildman–Crippen MR) is 127 cm³/mol. The third-order valence-electron chi connectivity index (χ3n) is 5.84. The maximum Gasteiger partial charge on any atom is 0.410 e. The molecule has 190 valence electrons. The number of hydrogen-bond donors (Lipinski definition) is 0. The molecule has 2 aliphatic rings. The second-order valence-corrected chi connectivity index (χ2v) is 12.1. The van der Waals surface area contributed by atoms with Crippen molar-refractivity contribution >= 4 is 15.9 Å². The lowest BCUT2D eigenvalue weighted by atomic mass is 10.1. The number of aryl methyl sites for hydroxylation is 1. The molecule has 0 unspecified atom stereocenters. The van der Waals surface area contributed by atoms with Gasteiger partial charge in [0.2, 0.25) is 11.8 Å². The second-order valence-electron chi connectivity index (χ2n) is 9.97. The number of sulfone groups is 1. The van der Waals surface area contributed by atoms with Crippen molar-refractivity contribution in [1.82, 2.24) is 19.9 Å². The van der Waals surface area contributed by atoms with Crippen molar-refractivity contribution < 1.29 is 27.4 Å². The van der Waals surface area contributed by atoms with Crippen LogP contribution in [0.25, 0.3) is 0 Å². The van der Waals surface area contributed by atoms with Crippen molar-refractivity contribution in [3.05, 3.63) is 29.7 Å². The Bertz CT molecular complexity index is 1200. The smallest absolute Gasteiger partial charge is 0.410 e. The van der Waals surface area contributed by atoms with Gasteiger partial charge in [0.15, 0.2) is 20.6 Å². The Morgan fingerprint density at radius 3 is 2.29 bits per heavy atom. The second kappa shape index (κ2) is 9.60. The molecular formula is C24H32N4O6S. The number of hydrogen-bond acceptors (Lipinski definition) is 9. The molecule has 0 bridgehead atoms. The summed E-state index contributed by atoms with van der Waals surface area (Å²) in [5.74, 6) is 1.13. The van der Waals surface area contributed by atoms with Crippen LogP contribution in [0.2, 0.25) is 0 Å². The summed E-state index contributed by atoms with van der Waals surface area (Å²) in [5.41, 5.74) is 0.552. The van der Waals surface area contributed by atoms with E-state index in [9.17, 15) is 13.2 Å². The van der Waals surface area contributed by atoms with Gasteiger partial charge in [-0.1, -0.05) is 0 Å². The van der Waals surface area contributed by atoms with Crippen LogP contribution in [0.3, 0.4) is 0 Å². The Labute approximate surface area is 205 Å². The van der Waals surface area contributed by atoms with Gasteiger partial charge in [-0.05, 0) is 59.6 Å². The fraction of sp³-hybridized carbons (Fsp3) is 0.583. The van der Waals surface area contributed by atoms with Gasteiger partial charge in [-0.15, -0.1) is 0 Å². The third-order valence-corrected chi connectivity index (χ3v) is 8.00. The van der Waals surface area contributed by atoms with Crippen LogP contribution in [-0.4, -0.2) is 64.4 Å². The summed E-state index contributed by atoms with van der Waals surface area (Å²) in [6, 6.07) is 3.08.